The molecule has 0 radical (unpaired) electrons. The highest BCUT2D eigenvalue weighted by molar-refractivity contribution is 9.09. The highest BCUT2D eigenvalue weighted by Crippen LogP contribution is 2.17. The minimum Gasteiger partial charge on any atom is -1.00 e. The SMILES string of the molecule is BrC1Cn2c3ccccc3c[n+]2C1.[Br-]. The average molecular weight is 318 g/mol. The number of hydrogen-bond donors (Lipinski definition) is 0. The van der Waals surface area contributed by atoms with Crippen LogP contribution in [0.2, 0.25) is 0 Å². The molecule has 1 aliphatic rings. The number of fused-ring (bicyclic) bond motifs is 3. The molecule has 3 rings (SSSR count). The zero-order valence-corrected chi connectivity index (χ0v) is 10.7. The van der Waals surface area contributed by atoms with Crippen molar-refractivity contribution >= 4 is 26.8 Å². The van der Waals surface area contributed by atoms with Crippen LogP contribution in [0, 0.1) is 0 Å². The highest BCUT2D eigenvalue weighted by Gasteiger charge is 2.27. The Morgan fingerprint density at radius 2 is 2.14 bits per heavy atom. The van der Waals surface area contributed by atoms with E-state index in [9.17, 15) is 0 Å². The smallest absolute Gasteiger partial charge is 0.203 e. The van der Waals surface area contributed by atoms with Gasteiger partial charge in [-0.05, 0) is 12.1 Å². The van der Waals surface area contributed by atoms with Crippen molar-refractivity contribution in [3.8, 4) is 0 Å². The van der Waals surface area contributed by atoms with Crippen LogP contribution in [0.3, 0.4) is 0 Å². The molecule has 0 aliphatic carbocycles. The summed E-state index contributed by atoms with van der Waals surface area (Å²) in [5.74, 6) is 0. The first kappa shape index (κ1) is 10.2. The van der Waals surface area contributed by atoms with Crippen LogP contribution in [-0.2, 0) is 13.1 Å². The summed E-state index contributed by atoms with van der Waals surface area (Å²) in [7, 11) is 0. The van der Waals surface area contributed by atoms with Gasteiger partial charge in [0, 0.05) is 0 Å². The summed E-state index contributed by atoms with van der Waals surface area (Å²) in [6.07, 6.45) is 2.22. The minimum absolute atomic E-state index is 0. The van der Waals surface area contributed by atoms with E-state index in [0.717, 1.165) is 13.1 Å². The molecule has 0 N–H and O–H groups in total. The second-order valence-electron chi connectivity index (χ2n) is 3.49. The van der Waals surface area contributed by atoms with Crippen molar-refractivity contribution in [1.82, 2.24) is 4.68 Å². The van der Waals surface area contributed by atoms with Crippen LogP contribution in [0.1, 0.15) is 0 Å². The normalized spacial score (nSPS) is 19.4. The lowest BCUT2D eigenvalue weighted by atomic mass is 10.2. The molecule has 2 aromatic rings. The Morgan fingerprint density at radius 3 is 3.00 bits per heavy atom. The van der Waals surface area contributed by atoms with Gasteiger partial charge in [-0.3, -0.25) is 0 Å². The van der Waals surface area contributed by atoms with Gasteiger partial charge in [-0.1, -0.05) is 28.1 Å². The Morgan fingerprint density at radius 1 is 1.36 bits per heavy atom. The molecule has 4 heteroatoms. The number of benzene rings is 1. The molecule has 2 nitrogen and oxygen atoms in total. The topological polar surface area (TPSA) is 8.81 Å². The Kier molecular flexibility index (Phi) is 2.66. The summed E-state index contributed by atoms with van der Waals surface area (Å²) in [6.45, 7) is 2.15. The van der Waals surface area contributed by atoms with Crippen molar-refractivity contribution < 1.29 is 21.7 Å². The first-order valence-corrected chi connectivity index (χ1v) is 5.38. The molecule has 14 heavy (non-hydrogen) atoms. The predicted molar refractivity (Wildman–Crippen MR) is 54.8 cm³/mol. The minimum atomic E-state index is 0. The summed E-state index contributed by atoms with van der Waals surface area (Å²) in [5, 5.41) is 1.34. The Balaban J connectivity index is 0.000000750. The van der Waals surface area contributed by atoms with Gasteiger partial charge in [-0.15, -0.1) is 4.68 Å². The van der Waals surface area contributed by atoms with Crippen molar-refractivity contribution in [2.75, 3.05) is 0 Å². The summed E-state index contributed by atoms with van der Waals surface area (Å²) in [6, 6.07) is 8.52. The third-order valence-corrected chi connectivity index (χ3v) is 3.15. The van der Waals surface area contributed by atoms with Gasteiger partial charge in [-0.25, -0.2) is 0 Å². The van der Waals surface area contributed by atoms with Gasteiger partial charge in [0.15, 0.2) is 6.54 Å². The van der Waals surface area contributed by atoms with Gasteiger partial charge in [0.05, 0.1) is 16.8 Å². The molecule has 0 saturated heterocycles. The second kappa shape index (κ2) is 3.66. The van der Waals surface area contributed by atoms with Gasteiger partial charge < -0.3 is 17.0 Å². The van der Waals surface area contributed by atoms with Crippen LogP contribution in [0.4, 0.5) is 0 Å². The van der Waals surface area contributed by atoms with E-state index >= 15 is 0 Å². The third kappa shape index (κ3) is 1.41. The van der Waals surface area contributed by atoms with Gasteiger partial charge in [0.1, 0.15) is 5.52 Å². The number of alkyl halides is 1. The van der Waals surface area contributed by atoms with E-state index in [4.69, 9.17) is 0 Å². The number of para-hydroxylation sites is 1. The first-order valence-electron chi connectivity index (χ1n) is 4.47. The molecular formula is C10H10Br2N2. The monoisotopic (exact) mass is 316 g/mol. The van der Waals surface area contributed by atoms with Crippen LogP contribution < -0.4 is 21.7 Å². The first-order chi connectivity index (χ1) is 6.34. The number of halogens is 2. The van der Waals surface area contributed by atoms with E-state index in [1.54, 1.807) is 0 Å². The molecule has 2 heterocycles. The average Bonchev–Trinajstić information content (AvgIpc) is 2.60. The summed E-state index contributed by atoms with van der Waals surface area (Å²) >= 11 is 3.64. The fourth-order valence-corrected chi connectivity index (χ4v) is 2.57. The van der Waals surface area contributed by atoms with E-state index in [2.05, 4.69) is 55.8 Å². The van der Waals surface area contributed by atoms with Crippen molar-refractivity contribution in [1.29, 1.82) is 0 Å². The Labute approximate surface area is 101 Å². The van der Waals surface area contributed by atoms with E-state index < -0.39 is 0 Å². The molecule has 0 spiro atoms. The molecule has 0 saturated carbocycles. The quantitative estimate of drug-likeness (QED) is 0.422. The Bertz CT molecular complexity index is 464. The number of aromatic nitrogens is 2. The van der Waals surface area contributed by atoms with E-state index in [1.807, 2.05) is 0 Å². The van der Waals surface area contributed by atoms with Crippen molar-refractivity contribution in [3.05, 3.63) is 30.5 Å². The number of rotatable bonds is 0. The lowest BCUT2D eigenvalue weighted by Crippen LogP contribution is -3.00. The molecule has 1 aliphatic heterocycles. The maximum atomic E-state index is 3.64. The zero-order chi connectivity index (χ0) is 8.84. The molecule has 74 valence electrons. The predicted octanol–water partition coefficient (Wildman–Crippen LogP) is -1.29. The lowest BCUT2D eigenvalue weighted by Gasteiger charge is -1.92. The number of hydrogen-bond acceptors (Lipinski definition) is 0. The van der Waals surface area contributed by atoms with Crippen LogP contribution in [-0.4, -0.2) is 9.51 Å². The molecule has 1 aromatic carbocycles. The van der Waals surface area contributed by atoms with E-state index in [1.165, 1.54) is 10.9 Å². The molecule has 1 unspecified atom stereocenters. The fraction of sp³-hybridized carbons (Fsp3) is 0.300. The lowest BCUT2D eigenvalue weighted by molar-refractivity contribution is -0.754. The molecule has 1 atom stereocenters. The van der Waals surface area contributed by atoms with Gasteiger partial charge >= 0.3 is 0 Å². The largest absolute Gasteiger partial charge is 1.00 e. The molecule has 0 bridgehead atoms. The maximum absolute atomic E-state index is 3.64. The van der Waals surface area contributed by atoms with Crippen molar-refractivity contribution in [2.24, 2.45) is 0 Å². The van der Waals surface area contributed by atoms with Crippen LogP contribution in [0.5, 0.6) is 0 Å². The highest BCUT2D eigenvalue weighted by atomic mass is 79.9. The van der Waals surface area contributed by atoms with Crippen molar-refractivity contribution in [2.45, 2.75) is 17.9 Å². The fourth-order valence-electron chi connectivity index (χ4n) is 2.00. The number of nitrogens with zero attached hydrogens (tertiary/aromatic N) is 2. The van der Waals surface area contributed by atoms with Gasteiger partial charge in [-0.2, -0.15) is 4.68 Å². The van der Waals surface area contributed by atoms with Crippen LogP contribution in [0.25, 0.3) is 10.9 Å². The molecule has 0 fully saturated rings. The third-order valence-electron chi connectivity index (χ3n) is 2.57. The van der Waals surface area contributed by atoms with E-state index in [0.29, 0.717) is 4.83 Å². The van der Waals surface area contributed by atoms with Crippen LogP contribution in [0.15, 0.2) is 30.5 Å². The summed E-state index contributed by atoms with van der Waals surface area (Å²) in [4.78, 5) is 0.595. The van der Waals surface area contributed by atoms with E-state index in [-0.39, 0.29) is 17.0 Å². The van der Waals surface area contributed by atoms with Crippen LogP contribution >= 0.6 is 15.9 Å². The summed E-state index contributed by atoms with van der Waals surface area (Å²) in [5.41, 5.74) is 1.34. The Hall–Kier alpha value is -0.350. The van der Waals surface area contributed by atoms with Gasteiger partial charge in [0.25, 0.3) is 0 Å². The summed E-state index contributed by atoms with van der Waals surface area (Å²) < 4.78 is 4.61. The molecular weight excluding hydrogens is 308 g/mol. The zero-order valence-electron chi connectivity index (χ0n) is 7.53. The second-order valence-corrected chi connectivity index (χ2v) is 4.78. The standard InChI is InChI=1S/C10H10BrN2.BrH/c11-9-6-12-5-8-3-1-2-4-10(8)13(12)7-9;/h1-5,9H,6-7H2;1H/q+1;/p-1. The molecule has 1 aromatic heterocycles. The van der Waals surface area contributed by atoms with Gasteiger partial charge in [0.2, 0.25) is 6.20 Å². The van der Waals surface area contributed by atoms with Crippen molar-refractivity contribution in [3.63, 3.8) is 0 Å². The molecule has 0 amide bonds. The maximum Gasteiger partial charge on any atom is 0.203 e.